The molecule has 1 heterocycles. The number of nitrogens with zero attached hydrogens (tertiary/aromatic N) is 2. The van der Waals surface area contributed by atoms with E-state index in [-0.39, 0.29) is 23.2 Å². The van der Waals surface area contributed by atoms with Crippen LogP contribution in [-0.2, 0) is 21.3 Å². The van der Waals surface area contributed by atoms with Gasteiger partial charge in [-0.25, -0.2) is 4.79 Å². The minimum atomic E-state index is -3.53. The second-order valence-corrected chi connectivity index (χ2v) is 7.60. The van der Waals surface area contributed by atoms with E-state index in [2.05, 4.69) is 0 Å². The second-order valence-electron chi connectivity index (χ2n) is 6.00. The lowest BCUT2D eigenvalue weighted by atomic mass is 10.0. The van der Waals surface area contributed by atoms with Crippen LogP contribution in [0.1, 0.15) is 37.8 Å². The van der Waals surface area contributed by atoms with E-state index in [0.717, 1.165) is 17.2 Å². The van der Waals surface area contributed by atoms with Crippen LogP contribution in [0.5, 0.6) is 0 Å². The Morgan fingerprint density at radius 1 is 1.32 bits per heavy atom. The Morgan fingerprint density at radius 2 is 1.95 bits per heavy atom. The first-order valence-electron chi connectivity index (χ1n) is 7.31. The Hall–Kier alpha value is -1.41. The highest BCUT2D eigenvalue weighted by Crippen LogP contribution is 2.38. The predicted molar refractivity (Wildman–Crippen MR) is 82.4 cm³/mol. The molecule has 22 heavy (non-hydrogen) atoms. The molecule has 0 saturated heterocycles. The maximum Gasteiger partial charge on any atom is 0.330 e. The minimum absolute atomic E-state index is 0.0733. The van der Waals surface area contributed by atoms with Crippen LogP contribution in [0, 0.1) is 12.8 Å². The summed E-state index contributed by atoms with van der Waals surface area (Å²) in [6.45, 7) is 3.63. The van der Waals surface area contributed by atoms with E-state index < -0.39 is 16.2 Å². The van der Waals surface area contributed by atoms with Gasteiger partial charge >= 0.3 is 5.69 Å². The summed E-state index contributed by atoms with van der Waals surface area (Å²) in [4.78, 5) is 24.1. The average molecular weight is 330 g/mol. The fourth-order valence-electron chi connectivity index (χ4n) is 3.16. The first-order chi connectivity index (χ1) is 10.1. The smallest absolute Gasteiger partial charge is 0.297 e. The molecule has 1 aromatic rings. The van der Waals surface area contributed by atoms with Crippen molar-refractivity contribution in [3.8, 4) is 0 Å². The van der Waals surface area contributed by atoms with Crippen LogP contribution < -0.4 is 11.2 Å². The highest BCUT2D eigenvalue weighted by atomic mass is 32.2. The van der Waals surface area contributed by atoms with E-state index in [4.69, 9.17) is 4.18 Å². The molecule has 1 saturated carbocycles. The van der Waals surface area contributed by atoms with Gasteiger partial charge in [0.15, 0.2) is 0 Å². The molecule has 1 fully saturated rings. The molecule has 1 aliphatic carbocycles. The molecule has 3 atom stereocenters. The minimum Gasteiger partial charge on any atom is -0.297 e. The first-order valence-corrected chi connectivity index (χ1v) is 9.12. The van der Waals surface area contributed by atoms with Crippen molar-refractivity contribution in [3.05, 3.63) is 32.6 Å². The van der Waals surface area contributed by atoms with E-state index in [0.29, 0.717) is 18.4 Å². The maximum atomic E-state index is 12.3. The van der Waals surface area contributed by atoms with Crippen LogP contribution in [0.15, 0.2) is 15.8 Å². The summed E-state index contributed by atoms with van der Waals surface area (Å²) in [5, 5.41) is 0. The molecule has 0 aliphatic heterocycles. The van der Waals surface area contributed by atoms with Crippen LogP contribution in [0.25, 0.3) is 0 Å². The summed E-state index contributed by atoms with van der Waals surface area (Å²) in [5.41, 5.74) is -0.201. The van der Waals surface area contributed by atoms with Crippen LogP contribution in [0.4, 0.5) is 0 Å². The van der Waals surface area contributed by atoms with Crippen molar-refractivity contribution in [3.63, 3.8) is 0 Å². The normalized spacial score (nSPS) is 25.5. The second kappa shape index (κ2) is 6.00. The zero-order valence-corrected chi connectivity index (χ0v) is 14.1. The topological polar surface area (TPSA) is 87.4 Å². The average Bonchev–Trinajstić information content (AvgIpc) is 2.81. The quantitative estimate of drug-likeness (QED) is 0.753. The molecule has 1 aromatic heterocycles. The molecule has 8 heteroatoms. The van der Waals surface area contributed by atoms with E-state index in [1.807, 2.05) is 6.92 Å². The molecule has 0 aromatic carbocycles. The molecular formula is C14H22N2O5S. The first kappa shape index (κ1) is 17.0. The standard InChI is InChI=1S/C14H22N2O5S/c1-5-10-6-11(7-12(10)21-22(4,19)20)16-8-9(2)13(17)15(3)14(16)18/h8,10-12H,5-7H2,1-4H3. The van der Waals surface area contributed by atoms with Gasteiger partial charge in [-0.15, -0.1) is 0 Å². The molecule has 2 rings (SSSR count). The SMILES string of the molecule is CCC1CC(n2cc(C)c(=O)n(C)c2=O)CC1OS(C)(=O)=O. The van der Waals surface area contributed by atoms with Crippen molar-refractivity contribution in [1.29, 1.82) is 0 Å². The fourth-order valence-corrected chi connectivity index (χ4v) is 3.85. The Morgan fingerprint density at radius 3 is 2.50 bits per heavy atom. The zero-order chi connectivity index (χ0) is 16.7. The van der Waals surface area contributed by atoms with Crippen molar-refractivity contribution >= 4 is 10.1 Å². The Labute approximate surface area is 129 Å². The molecule has 0 bridgehead atoms. The van der Waals surface area contributed by atoms with Gasteiger partial charge in [0.25, 0.3) is 15.7 Å². The van der Waals surface area contributed by atoms with Crippen molar-refractivity contribution in [1.82, 2.24) is 9.13 Å². The largest absolute Gasteiger partial charge is 0.330 e. The van der Waals surface area contributed by atoms with Crippen molar-refractivity contribution in [2.24, 2.45) is 13.0 Å². The molecule has 0 amide bonds. The van der Waals surface area contributed by atoms with E-state index >= 15 is 0 Å². The molecule has 0 radical (unpaired) electrons. The van der Waals surface area contributed by atoms with Gasteiger partial charge in [0.1, 0.15) is 0 Å². The predicted octanol–water partition coefficient (Wildman–Crippen LogP) is 0.561. The summed E-state index contributed by atoms with van der Waals surface area (Å²) in [7, 11) is -2.08. The van der Waals surface area contributed by atoms with Crippen LogP contribution in [-0.4, -0.2) is 29.9 Å². The molecule has 0 N–H and O–H groups in total. The van der Waals surface area contributed by atoms with Gasteiger partial charge in [-0.1, -0.05) is 13.3 Å². The van der Waals surface area contributed by atoms with Gasteiger partial charge in [-0.3, -0.25) is 18.1 Å². The third-order valence-corrected chi connectivity index (χ3v) is 4.90. The van der Waals surface area contributed by atoms with Gasteiger partial charge in [0.2, 0.25) is 0 Å². The molecule has 0 spiro atoms. The highest BCUT2D eigenvalue weighted by molar-refractivity contribution is 7.86. The molecule has 1 aliphatic rings. The van der Waals surface area contributed by atoms with Crippen LogP contribution in [0.2, 0.25) is 0 Å². The third-order valence-electron chi connectivity index (χ3n) is 4.30. The lowest BCUT2D eigenvalue weighted by Crippen LogP contribution is -2.40. The van der Waals surface area contributed by atoms with E-state index in [1.165, 1.54) is 11.6 Å². The van der Waals surface area contributed by atoms with Crippen molar-refractivity contribution in [2.75, 3.05) is 6.26 Å². The lowest BCUT2D eigenvalue weighted by molar-refractivity contribution is 0.164. The summed E-state index contributed by atoms with van der Waals surface area (Å²) in [5.74, 6) is 0.0733. The number of aromatic nitrogens is 2. The fraction of sp³-hybridized carbons (Fsp3) is 0.714. The monoisotopic (exact) mass is 330 g/mol. The number of aryl methyl sites for hydroxylation is 1. The van der Waals surface area contributed by atoms with Crippen molar-refractivity contribution in [2.45, 2.75) is 45.3 Å². The number of hydrogen-bond donors (Lipinski definition) is 0. The van der Waals surface area contributed by atoms with Crippen LogP contribution >= 0.6 is 0 Å². The maximum absolute atomic E-state index is 12.3. The summed E-state index contributed by atoms with van der Waals surface area (Å²) < 4.78 is 30.5. The Bertz CT molecular complexity index is 777. The van der Waals surface area contributed by atoms with Crippen LogP contribution in [0.3, 0.4) is 0 Å². The third kappa shape index (κ3) is 3.33. The van der Waals surface area contributed by atoms with Gasteiger partial charge in [0, 0.05) is 24.8 Å². The zero-order valence-electron chi connectivity index (χ0n) is 13.3. The van der Waals surface area contributed by atoms with Gasteiger partial charge in [-0.05, 0) is 25.7 Å². The Kier molecular flexibility index (Phi) is 4.62. The molecule has 124 valence electrons. The summed E-state index contributed by atoms with van der Waals surface area (Å²) in [6, 6.07) is -0.158. The summed E-state index contributed by atoms with van der Waals surface area (Å²) >= 11 is 0. The van der Waals surface area contributed by atoms with E-state index in [1.54, 1.807) is 13.1 Å². The molecular weight excluding hydrogens is 308 g/mol. The Balaban J connectivity index is 2.36. The molecule has 7 nitrogen and oxygen atoms in total. The van der Waals surface area contributed by atoms with Crippen molar-refractivity contribution < 1.29 is 12.6 Å². The number of hydrogen-bond acceptors (Lipinski definition) is 5. The highest BCUT2D eigenvalue weighted by Gasteiger charge is 2.37. The van der Waals surface area contributed by atoms with Gasteiger partial charge < -0.3 is 0 Å². The van der Waals surface area contributed by atoms with Gasteiger partial charge in [-0.2, -0.15) is 8.42 Å². The number of rotatable bonds is 4. The van der Waals surface area contributed by atoms with Gasteiger partial charge in [0.05, 0.1) is 12.4 Å². The van der Waals surface area contributed by atoms with E-state index in [9.17, 15) is 18.0 Å². The summed E-state index contributed by atoms with van der Waals surface area (Å²) in [6.07, 6.45) is 4.06. The molecule has 3 unspecified atom stereocenters. The lowest BCUT2D eigenvalue weighted by Gasteiger charge is -2.16.